The Hall–Kier alpha value is -3.40. The smallest absolute Gasteiger partial charge is 0.180 e. The fourth-order valence-electron chi connectivity index (χ4n) is 5.85. The van der Waals surface area contributed by atoms with Crippen molar-refractivity contribution >= 4 is 17.2 Å². The normalized spacial score (nSPS) is 28.8. The number of hydrogen-bond acceptors (Lipinski definition) is 4. The van der Waals surface area contributed by atoms with E-state index in [1.54, 1.807) is 24.3 Å². The van der Waals surface area contributed by atoms with Crippen molar-refractivity contribution in [3.8, 4) is 5.75 Å². The molecule has 31 heavy (non-hydrogen) atoms. The summed E-state index contributed by atoms with van der Waals surface area (Å²) in [6, 6.07) is 18.1. The number of phenols is 1. The molecule has 1 N–H and O–H groups in total. The molecule has 2 heterocycles. The zero-order chi connectivity index (χ0) is 21.0. The summed E-state index contributed by atoms with van der Waals surface area (Å²) in [7, 11) is 0. The van der Waals surface area contributed by atoms with Crippen LogP contribution in [0.3, 0.4) is 0 Å². The third-order valence-corrected chi connectivity index (χ3v) is 7.15. The van der Waals surface area contributed by atoms with Crippen molar-refractivity contribution in [2.24, 2.45) is 10.9 Å². The van der Waals surface area contributed by atoms with Gasteiger partial charge in [0.1, 0.15) is 11.4 Å². The SMILES string of the molecule is O=C1C=CC2=N[C@@]34CCCC[C@@H]3[C@@H](c3ccccc3)C=C(c3ccc(O)cc3)N4C2=C1. The second-order valence-electron chi connectivity index (χ2n) is 8.86. The van der Waals surface area contributed by atoms with Crippen LogP contribution < -0.4 is 0 Å². The van der Waals surface area contributed by atoms with E-state index in [4.69, 9.17) is 4.99 Å². The van der Waals surface area contributed by atoms with Crippen molar-refractivity contribution in [3.05, 3.63) is 95.7 Å². The Morgan fingerprint density at radius 3 is 2.58 bits per heavy atom. The van der Waals surface area contributed by atoms with Crippen LogP contribution in [0, 0.1) is 5.92 Å². The number of benzene rings is 2. The molecule has 4 heteroatoms. The molecule has 1 spiro atoms. The van der Waals surface area contributed by atoms with Gasteiger partial charge in [-0.15, -0.1) is 0 Å². The minimum atomic E-state index is -0.378. The molecule has 2 aliphatic heterocycles. The van der Waals surface area contributed by atoms with Gasteiger partial charge < -0.3 is 10.0 Å². The molecular formula is C27H24N2O2. The number of phenolic OH excluding ortho intramolecular Hbond substituents is 1. The number of fused-ring (bicyclic) bond motifs is 2. The predicted molar refractivity (Wildman–Crippen MR) is 121 cm³/mol. The van der Waals surface area contributed by atoms with E-state index in [2.05, 4.69) is 41.3 Å². The van der Waals surface area contributed by atoms with Crippen LogP contribution >= 0.6 is 0 Å². The van der Waals surface area contributed by atoms with E-state index in [0.29, 0.717) is 5.92 Å². The summed E-state index contributed by atoms with van der Waals surface area (Å²) >= 11 is 0. The minimum absolute atomic E-state index is 0.00796. The van der Waals surface area contributed by atoms with Crippen molar-refractivity contribution in [2.45, 2.75) is 37.3 Å². The van der Waals surface area contributed by atoms with Crippen molar-refractivity contribution in [2.75, 3.05) is 0 Å². The lowest BCUT2D eigenvalue weighted by Gasteiger charge is -2.53. The Kier molecular flexibility index (Phi) is 4.04. The lowest BCUT2D eigenvalue weighted by atomic mass is 9.66. The number of aromatic hydroxyl groups is 1. The summed E-state index contributed by atoms with van der Waals surface area (Å²) in [5.74, 6) is 0.838. The fraction of sp³-hybridized carbons (Fsp3) is 0.259. The maximum absolute atomic E-state index is 12.3. The highest BCUT2D eigenvalue weighted by atomic mass is 16.3. The van der Waals surface area contributed by atoms with Gasteiger partial charge >= 0.3 is 0 Å². The Morgan fingerprint density at radius 1 is 0.968 bits per heavy atom. The number of carbonyl (C=O) groups excluding carboxylic acids is 1. The van der Waals surface area contributed by atoms with Crippen molar-refractivity contribution in [3.63, 3.8) is 0 Å². The first kappa shape index (κ1) is 18.4. The van der Waals surface area contributed by atoms with Gasteiger partial charge in [-0.3, -0.25) is 9.79 Å². The molecule has 154 valence electrons. The largest absolute Gasteiger partial charge is 0.508 e. The topological polar surface area (TPSA) is 52.9 Å². The molecule has 2 aromatic carbocycles. The van der Waals surface area contributed by atoms with Crippen LogP contribution in [-0.4, -0.2) is 27.2 Å². The average molecular weight is 409 g/mol. The van der Waals surface area contributed by atoms with E-state index in [-0.39, 0.29) is 23.1 Å². The molecule has 0 aromatic heterocycles. The maximum atomic E-state index is 12.3. The Balaban J connectivity index is 1.61. The predicted octanol–water partition coefficient (Wildman–Crippen LogP) is 5.20. The molecule has 1 fully saturated rings. The second kappa shape index (κ2) is 6.81. The molecule has 0 saturated heterocycles. The number of ketones is 1. The average Bonchev–Trinajstić information content (AvgIpc) is 3.12. The highest BCUT2D eigenvalue weighted by Crippen LogP contribution is 2.57. The molecule has 1 saturated carbocycles. The maximum Gasteiger partial charge on any atom is 0.180 e. The van der Waals surface area contributed by atoms with Crippen LogP contribution in [0.1, 0.15) is 42.7 Å². The Labute approximate surface area is 181 Å². The summed E-state index contributed by atoms with van der Waals surface area (Å²) in [6.07, 6.45) is 12.0. The molecule has 0 radical (unpaired) electrons. The van der Waals surface area contributed by atoms with Gasteiger partial charge in [-0.25, -0.2) is 0 Å². The number of hydrogen-bond donors (Lipinski definition) is 1. The third kappa shape index (κ3) is 2.74. The highest BCUT2D eigenvalue weighted by Gasteiger charge is 2.56. The molecule has 0 unspecified atom stereocenters. The van der Waals surface area contributed by atoms with Gasteiger partial charge in [0.15, 0.2) is 5.78 Å². The van der Waals surface area contributed by atoms with Crippen molar-refractivity contribution < 1.29 is 9.90 Å². The standard InChI is InChI=1S/C27H24N2O2/c30-20-11-9-19(10-12-20)25-17-22(18-6-2-1-3-7-18)23-8-4-5-15-27(23)28-24-14-13-21(31)16-26(24)29(25)27/h1-3,6-7,9-14,16-17,22-23,30H,4-5,8,15H2/t22-,23-,27-/m1/s1. The summed E-state index contributed by atoms with van der Waals surface area (Å²) in [6.45, 7) is 0. The van der Waals surface area contributed by atoms with E-state index in [1.165, 1.54) is 12.0 Å². The van der Waals surface area contributed by atoms with Crippen LogP contribution in [0.5, 0.6) is 5.75 Å². The quantitative estimate of drug-likeness (QED) is 0.695. The van der Waals surface area contributed by atoms with Gasteiger partial charge in [-0.1, -0.05) is 42.8 Å². The molecular weight excluding hydrogens is 384 g/mol. The van der Waals surface area contributed by atoms with Gasteiger partial charge in [0.2, 0.25) is 0 Å². The molecule has 0 bridgehead atoms. The van der Waals surface area contributed by atoms with Crippen LogP contribution in [0.25, 0.3) is 5.70 Å². The Bertz CT molecular complexity index is 1170. The van der Waals surface area contributed by atoms with Gasteiger partial charge in [-0.05, 0) is 66.8 Å². The molecule has 0 amide bonds. The van der Waals surface area contributed by atoms with E-state index < -0.39 is 0 Å². The summed E-state index contributed by atoms with van der Waals surface area (Å²) in [4.78, 5) is 20.0. The number of carbonyl (C=O) groups is 1. The molecule has 2 aromatic rings. The lowest BCUT2D eigenvalue weighted by molar-refractivity contribution is -0.110. The third-order valence-electron chi connectivity index (χ3n) is 7.15. The highest BCUT2D eigenvalue weighted by molar-refractivity contribution is 6.21. The van der Waals surface area contributed by atoms with Gasteiger partial charge in [0, 0.05) is 23.6 Å². The zero-order valence-electron chi connectivity index (χ0n) is 17.2. The number of rotatable bonds is 2. The first-order valence-electron chi connectivity index (χ1n) is 11.1. The second-order valence-corrected chi connectivity index (χ2v) is 8.86. The monoisotopic (exact) mass is 408 g/mol. The van der Waals surface area contributed by atoms with E-state index in [1.807, 2.05) is 18.2 Å². The first-order chi connectivity index (χ1) is 15.2. The molecule has 4 nitrogen and oxygen atoms in total. The minimum Gasteiger partial charge on any atom is -0.508 e. The number of allylic oxidation sites excluding steroid dienone is 4. The summed E-state index contributed by atoms with van der Waals surface area (Å²) in [5.41, 5.74) is 4.84. The van der Waals surface area contributed by atoms with E-state index in [0.717, 1.165) is 41.9 Å². The molecule has 3 atom stereocenters. The van der Waals surface area contributed by atoms with E-state index >= 15 is 0 Å². The summed E-state index contributed by atoms with van der Waals surface area (Å²) < 4.78 is 0. The molecule has 6 rings (SSSR count). The van der Waals surface area contributed by atoms with Crippen molar-refractivity contribution in [1.82, 2.24) is 4.90 Å². The van der Waals surface area contributed by atoms with Crippen LogP contribution in [0.4, 0.5) is 0 Å². The van der Waals surface area contributed by atoms with Crippen LogP contribution in [0.2, 0.25) is 0 Å². The van der Waals surface area contributed by atoms with Gasteiger partial charge in [0.25, 0.3) is 0 Å². The molecule has 4 aliphatic rings. The summed E-state index contributed by atoms with van der Waals surface area (Å²) in [5, 5.41) is 9.86. The number of nitrogens with zero attached hydrogens (tertiary/aromatic N) is 2. The van der Waals surface area contributed by atoms with Crippen LogP contribution in [0.15, 0.2) is 89.6 Å². The van der Waals surface area contributed by atoms with Crippen molar-refractivity contribution in [1.29, 1.82) is 0 Å². The van der Waals surface area contributed by atoms with Gasteiger partial charge in [0.05, 0.1) is 11.4 Å². The first-order valence-corrected chi connectivity index (χ1v) is 11.1. The van der Waals surface area contributed by atoms with E-state index in [9.17, 15) is 9.90 Å². The lowest BCUT2D eigenvalue weighted by Crippen LogP contribution is -2.54. The molecule has 2 aliphatic carbocycles. The fourth-order valence-corrected chi connectivity index (χ4v) is 5.85. The zero-order valence-corrected chi connectivity index (χ0v) is 17.2. The Morgan fingerprint density at radius 2 is 1.77 bits per heavy atom. The number of aliphatic imine (C=N–C) groups is 1. The van der Waals surface area contributed by atoms with Gasteiger partial charge in [-0.2, -0.15) is 0 Å². The van der Waals surface area contributed by atoms with Crippen LogP contribution in [-0.2, 0) is 4.79 Å².